The van der Waals surface area contributed by atoms with Gasteiger partial charge in [-0.3, -0.25) is 9.48 Å². The number of carbonyl (C=O) groups is 1. The van der Waals surface area contributed by atoms with Crippen molar-refractivity contribution in [3.05, 3.63) is 81.6 Å². The molecular formula is C19H18BrN3O. The molecule has 0 bridgehead atoms. The minimum Gasteiger partial charge on any atom is -0.319 e. The molecule has 0 unspecified atom stereocenters. The average molecular weight is 384 g/mol. The first kappa shape index (κ1) is 16.5. The molecule has 1 aromatic heterocycles. The van der Waals surface area contributed by atoms with Crippen molar-refractivity contribution < 1.29 is 4.79 Å². The fraction of sp³-hybridized carbons (Fsp3) is 0.158. The Hall–Kier alpha value is -2.40. The van der Waals surface area contributed by atoms with E-state index >= 15 is 0 Å². The van der Waals surface area contributed by atoms with Crippen molar-refractivity contribution in [2.24, 2.45) is 0 Å². The van der Waals surface area contributed by atoms with E-state index < -0.39 is 0 Å². The quantitative estimate of drug-likeness (QED) is 0.717. The summed E-state index contributed by atoms with van der Waals surface area (Å²) in [5.74, 6) is -0.112. The molecule has 0 radical (unpaired) electrons. The number of nitrogens with one attached hydrogen (secondary N) is 1. The highest BCUT2D eigenvalue weighted by molar-refractivity contribution is 9.10. The molecule has 0 aliphatic heterocycles. The van der Waals surface area contributed by atoms with Crippen LogP contribution in [0.25, 0.3) is 0 Å². The van der Waals surface area contributed by atoms with Gasteiger partial charge in [-0.1, -0.05) is 45.8 Å². The lowest BCUT2D eigenvalue weighted by atomic mass is 10.1. The van der Waals surface area contributed by atoms with Crippen molar-refractivity contribution in [1.82, 2.24) is 9.78 Å². The summed E-state index contributed by atoms with van der Waals surface area (Å²) in [6.45, 7) is 4.57. The fourth-order valence-electron chi connectivity index (χ4n) is 2.47. The van der Waals surface area contributed by atoms with Gasteiger partial charge >= 0.3 is 0 Å². The van der Waals surface area contributed by atoms with Gasteiger partial charge in [0.15, 0.2) is 0 Å². The molecule has 1 amide bonds. The topological polar surface area (TPSA) is 46.9 Å². The molecule has 122 valence electrons. The van der Waals surface area contributed by atoms with Crippen LogP contribution < -0.4 is 5.32 Å². The van der Waals surface area contributed by atoms with Gasteiger partial charge in [-0.05, 0) is 43.2 Å². The molecule has 1 heterocycles. The van der Waals surface area contributed by atoms with Gasteiger partial charge in [0, 0.05) is 16.2 Å². The second-order valence-corrected chi connectivity index (χ2v) is 6.74. The minimum atomic E-state index is -0.112. The number of halogens is 1. The van der Waals surface area contributed by atoms with Gasteiger partial charge < -0.3 is 5.32 Å². The number of rotatable bonds is 4. The van der Waals surface area contributed by atoms with Gasteiger partial charge in [-0.15, -0.1) is 0 Å². The van der Waals surface area contributed by atoms with Crippen LogP contribution in [0.3, 0.4) is 0 Å². The van der Waals surface area contributed by atoms with E-state index in [0.717, 1.165) is 21.2 Å². The third-order valence-corrected chi connectivity index (χ3v) is 4.32. The summed E-state index contributed by atoms with van der Waals surface area (Å²) in [6, 6.07) is 13.9. The molecule has 0 saturated carbocycles. The van der Waals surface area contributed by atoms with Crippen LogP contribution in [0.15, 0.2) is 59.3 Å². The fourth-order valence-corrected chi connectivity index (χ4v) is 2.73. The van der Waals surface area contributed by atoms with Crippen molar-refractivity contribution in [1.29, 1.82) is 0 Å². The van der Waals surface area contributed by atoms with Crippen LogP contribution in [0.2, 0.25) is 0 Å². The lowest BCUT2D eigenvalue weighted by Gasteiger charge is -2.07. The van der Waals surface area contributed by atoms with E-state index in [-0.39, 0.29) is 5.91 Å². The maximum Gasteiger partial charge on any atom is 0.256 e. The Morgan fingerprint density at radius 2 is 1.92 bits per heavy atom. The highest BCUT2D eigenvalue weighted by Crippen LogP contribution is 2.15. The van der Waals surface area contributed by atoms with Crippen LogP contribution in [-0.2, 0) is 6.54 Å². The molecule has 0 saturated heterocycles. The molecule has 0 atom stereocenters. The normalized spacial score (nSPS) is 10.6. The first-order valence-electron chi connectivity index (χ1n) is 7.67. The molecule has 3 aromatic rings. The van der Waals surface area contributed by atoms with E-state index in [0.29, 0.717) is 17.8 Å². The summed E-state index contributed by atoms with van der Waals surface area (Å²) in [7, 11) is 0. The molecule has 0 spiro atoms. The van der Waals surface area contributed by atoms with Gasteiger partial charge in [0.25, 0.3) is 5.91 Å². The van der Waals surface area contributed by atoms with Gasteiger partial charge in [0.2, 0.25) is 0 Å². The highest BCUT2D eigenvalue weighted by Gasteiger charge is 2.10. The summed E-state index contributed by atoms with van der Waals surface area (Å²) in [6.07, 6.45) is 3.51. The zero-order valence-corrected chi connectivity index (χ0v) is 15.2. The van der Waals surface area contributed by atoms with E-state index in [9.17, 15) is 4.79 Å². The lowest BCUT2D eigenvalue weighted by molar-refractivity contribution is 0.102. The third-order valence-electron chi connectivity index (χ3n) is 3.79. The van der Waals surface area contributed by atoms with Crippen LogP contribution >= 0.6 is 15.9 Å². The average Bonchev–Trinajstić information content (AvgIpc) is 2.99. The highest BCUT2D eigenvalue weighted by atomic mass is 79.9. The first-order chi connectivity index (χ1) is 11.5. The van der Waals surface area contributed by atoms with Gasteiger partial charge in [-0.25, -0.2) is 0 Å². The zero-order chi connectivity index (χ0) is 17.1. The van der Waals surface area contributed by atoms with Gasteiger partial charge in [-0.2, -0.15) is 5.10 Å². The molecule has 5 heteroatoms. The zero-order valence-electron chi connectivity index (χ0n) is 13.6. The van der Waals surface area contributed by atoms with Gasteiger partial charge in [0.1, 0.15) is 0 Å². The molecule has 4 nitrogen and oxygen atoms in total. The number of nitrogens with zero attached hydrogens (tertiary/aromatic N) is 2. The third kappa shape index (κ3) is 3.92. The van der Waals surface area contributed by atoms with Crippen LogP contribution in [-0.4, -0.2) is 15.7 Å². The van der Waals surface area contributed by atoms with Crippen LogP contribution in [0.1, 0.15) is 27.0 Å². The number of carbonyl (C=O) groups excluding carboxylic acids is 1. The molecule has 0 fully saturated rings. The standard InChI is InChI=1S/C19H18BrN3O/c1-13-3-4-14(2)18(9-13)19(24)22-17-10-21-23(12-17)11-15-5-7-16(20)8-6-15/h3-10,12H,11H2,1-2H3,(H,22,24). The molecule has 1 N–H and O–H groups in total. The lowest BCUT2D eigenvalue weighted by Crippen LogP contribution is -2.13. The Balaban J connectivity index is 1.70. The van der Waals surface area contributed by atoms with Crippen molar-refractivity contribution >= 4 is 27.5 Å². The van der Waals surface area contributed by atoms with Gasteiger partial charge in [0.05, 0.1) is 18.4 Å². The summed E-state index contributed by atoms with van der Waals surface area (Å²) >= 11 is 3.43. The Labute approximate surface area is 149 Å². The Kier molecular flexibility index (Phi) is 4.81. The van der Waals surface area contributed by atoms with E-state index in [1.54, 1.807) is 6.20 Å². The Morgan fingerprint density at radius 3 is 2.67 bits per heavy atom. The number of amides is 1. The second-order valence-electron chi connectivity index (χ2n) is 5.83. The Morgan fingerprint density at radius 1 is 1.17 bits per heavy atom. The number of benzene rings is 2. The molecular weight excluding hydrogens is 366 g/mol. The van der Waals surface area contributed by atoms with Crippen LogP contribution in [0.5, 0.6) is 0 Å². The van der Waals surface area contributed by atoms with Crippen molar-refractivity contribution in [2.45, 2.75) is 20.4 Å². The minimum absolute atomic E-state index is 0.112. The van der Waals surface area contributed by atoms with E-state index in [1.807, 2.05) is 67.2 Å². The molecule has 0 aliphatic rings. The van der Waals surface area contributed by atoms with Crippen molar-refractivity contribution in [3.8, 4) is 0 Å². The number of aromatic nitrogens is 2. The predicted octanol–water partition coefficient (Wildman–Crippen LogP) is 4.56. The smallest absolute Gasteiger partial charge is 0.256 e. The first-order valence-corrected chi connectivity index (χ1v) is 8.46. The monoisotopic (exact) mass is 383 g/mol. The number of anilines is 1. The molecule has 0 aliphatic carbocycles. The van der Waals surface area contributed by atoms with Crippen LogP contribution in [0, 0.1) is 13.8 Å². The SMILES string of the molecule is Cc1ccc(C)c(C(=O)Nc2cnn(Cc3ccc(Br)cc3)c2)c1. The largest absolute Gasteiger partial charge is 0.319 e. The molecule has 3 rings (SSSR count). The number of hydrogen-bond donors (Lipinski definition) is 1. The van der Waals surface area contributed by atoms with Crippen molar-refractivity contribution in [3.63, 3.8) is 0 Å². The summed E-state index contributed by atoms with van der Waals surface area (Å²) in [5.41, 5.74) is 4.56. The summed E-state index contributed by atoms with van der Waals surface area (Å²) in [5, 5.41) is 7.22. The maximum absolute atomic E-state index is 12.4. The molecule has 24 heavy (non-hydrogen) atoms. The number of hydrogen-bond acceptors (Lipinski definition) is 2. The van der Waals surface area contributed by atoms with E-state index in [1.165, 1.54) is 0 Å². The number of aryl methyl sites for hydroxylation is 2. The van der Waals surface area contributed by atoms with Crippen LogP contribution in [0.4, 0.5) is 5.69 Å². The summed E-state index contributed by atoms with van der Waals surface area (Å²) in [4.78, 5) is 12.4. The maximum atomic E-state index is 12.4. The summed E-state index contributed by atoms with van der Waals surface area (Å²) < 4.78 is 2.86. The molecule has 2 aromatic carbocycles. The van der Waals surface area contributed by atoms with Crippen molar-refractivity contribution in [2.75, 3.05) is 5.32 Å². The predicted molar refractivity (Wildman–Crippen MR) is 99.3 cm³/mol. The van der Waals surface area contributed by atoms with E-state index in [4.69, 9.17) is 0 Å². The Bertz CT molecular complexity index is 869. The van der Waals surface area contributed by atoms with E-state index in [2.05, 4.69) is 26.3 Å². The second kappa shape index (κ2) is 7.01.